The molecule has 0 saturated carbocycles. The average molecular weight is 192 g/mol. The highest BCUT2D eigenvalue weighted by atomic mass is 16.2. The van der Waals surface area contributed by atoms with E-state index in [0.29, 0.717) is 5.82 Å². The molecule has 1 aliphatic rings. The van der Waals surface area contributed by atoms with E-state index in [4.69, 9.17) is 0 Å². The van der Waals surface area contributed by atoms with E-state index in [2.05, 4.69) is 20.6 Å². The molecule has 1 aromatic rings. The lowest BCUT2D eigenvalue weighted by Crippen LogP contribution is -2.29. The van der Waals surface area contributed by atoms with Crippen molar-refractivity contribution >= 4 is 17.4 Å². The van der Waals surface area contributed by atoms with Gasteiger partial charge in [-0.3, -0.25) is 4.79 Å². The third-order valence-corrected chi connectivity index (χ3v) is 2.10. The van der Waals surface area contributed by atoms with E-state index in [0.717, 1.165) is 11.4 Å². The van der Waals surface area contributed by atoms with E-state index in [-0.39, 0.29) is 18.4 Å². The molecule has 0 bridgehead atoms. The van der Waals surface area contributed by atoms with Crippen molar-refractivity contribution in [1.29, 1.82) is 0 Å². The van der Waals surface area contributed by atoms with Gasteiger partial charge in [0.15, 0.2) is 5.82 Å². The second-order valence-electron chi connectivity index (χ2n) is 3.54. The zero-order valence-electron chi connectivity index (χ0n) is 8.16. The molecule has 2 rings (SSSR count). The van der Waals surface area contributed by atoms with Gasteiger partial charge in [0.1, 0.15) is 12.0 Å². The number of amides is 1. The Morgan fingerprint density at radius 3 is 2.93 bits per heavy atom. The second-order valence-corrected chi connectivity index (χ2v) is 3.54. The second kappa shape index (κ2) is 3.25. The molecular weight excluding hydrogens is 180 g/mol. The Labute approximate surface area is 82.0 Å². The molecule has 1 amide bonds. The Morgan fingerprint density at radius 2 is 2.21 bits per heavy atom. The SMILES string of the molecule is CC(C)c1ncnc2c1NC(=O)CN2. The Kier molecular flexibility index (Phi) is 2.07. The van der Waals surface area contributed by atoms with Crippen molar-refractivity contribution in [3.63, 3.8) is 0 Å². The van der Waals surface area contributed by atoms with Crippen LogP contribution in [0.15, 0.2) is 6.33 Å². The maximum absolute atomic E-state index is 11.2. The highest BCUT2D eigenvalue weighted by molar-refractivity contribution is 6.00. The van der Waals surface area contributed by atoms with Gasteiger partial charge >= 0.3 is 0 Å². The van der Waals surface area contributed by atoms with Crippen molar-refractivity contribution < 1.29 is 4.79 Å². The molecule has 0 aromatic carbocycles. The largest absolute Gasteiger partial charge is 0.359 e. The quantitative estimate of drug-likeness (QED) is 0.695. The van der Waals surface area contributed by atoms with Crippen molar-refractivity contribution in [2.24, 2.45) is 0 Å². The third-order valence-electron chi connectivity index (χ3n) is 2.10. The summed E-state index contributed by atoms with van der Waals surface area (Å²) in [5, 5.41) is 5.73. The van der Waals surface area contributed by atoms with Crippen LogP contribution in [0.3, 0.4) is 0 Å². The summed E-state index contributed by atoms with van der Waals surface area (Å²) < 4.78 is 0. The Hall–Kier alpha value is -1.65. The number of carbonyl (C=O) groups is 1. The molecule has 0 spiro atoms. The smallest absolute Gasteiger partial charge is 0.243 e. The van der Waals surface area contributed by atoms with Crippen LogP contribution in [0, 0.1) is 0 Å². The van der Waals surface area contributed by atoms with E-state index in [1.807, 2.05) is 13.8 Å². The fraction of sp³-hybridized carbons (Fsp3) is 0.444. The van der Waals surface area contributed by atoms with Gasteiger partial charge in [-0.05, 0) is 5.92 Å². The first kappa shape index (κ1) is 8.93. The lowest BCUT2D eigenvalue weighted by molar-refractivity contribution is -0.114. The number of nitrogens with zero attached hydrogens (tertiary/aromatic N) is 2. The highest BCUT2D eigenvalue weighted by Gasteiger charge is 2.20. The lowest BCUT2D eigenvalue weighted by atomic mass is 10.1. The monoisotopic (exact) mass is 192 g/mol. The first-order valence-electron chi connectivity index (χ1n) is 4.57. The molecule has 1 aliphatic heterocycles. The van der Waals surface area contributed by atoms with Crippen molar-refractivity contribution in [3.8, 4) is 0 Å². The van der Waals surface area contributed by atoms with Crippen molar-refractivity contribution in [2.75, 3.05) is 17.2 Å². The summed E-state index contributed by atoms with van der Waals surface area (Å²) >= 11 is 0. The fourth-order valence-electron chi connectivity index (χ4n) is 1.44. The molecule has 2 heterocycles. The first-order valence-corrected chi connectivity index (χ1v) is 4.57. The van der Waals surface area contributed by atoms with Crippen LogP contribution in [0.5, 0.6) is 0 Å². The van der Waals surface area contributed by atoms with Gasteiger partial charge in [-0.2, -0.15) is 0 Å². The number of hydrogen-bond acceptors (Lipinski definition) is 4. The van der Waals surface area contributed by atoms with E-state index in [1.54, 1.807) is 0 Å². The van der Waals surface area contributed by atoms with Crippen LogP contribution >= 0.6 is 0 Å². The van der Waals surface area contributed by atoms with Crippen LogP contribution in [0.25, 0.3) is 0 Å². The van der Waals surface area contributed by atoms with Gasteiger partial charge in [-0.25, -0.2) is 9.97 Å². The van der Waals surface area contributed by atoms with E-state index in [9.17, 15) is 4.79 Å². The summed E-state index contributed by atoms with van der Waals surface area (Å²) in [5.74, 6) is 0.935. The summed E-state index contributed by atoms with van der Waals surface area (Å²) in [7, 11) is 0. The molecule has 5 heteroatoms. The molecule has 0 unspecified atom stereocenters. The van der Waals surface area contributed by atoms with E-state index in [1.165, 1.54) is 6.33 Å². The van der Waals surface area contributed by atoms with Gasteiger partial charge in [0.2, 0.25) is 5.91 Å². The number of fused-ring (bicyclic) bond motifs is 1. The number of carbonyl (C=O) groups excluding carboxylic acids is 1. The predicted octanol–water partition coefficient (Wildman–Crippen LogP) is 0.964. The summed E-state index contributed by atoms with van der Waals surface area (Å²) in [6, 6.07) is 0. The molecule has 14 heavy (non-hydrogen) atoms. The predicted molar refractivity (Wildman–Crippen MR) is 53.2 cm³/mol. The van der Waals surface area contributed by atoms with Gasteiger partial charge in [0.05, 0.1) is 12.2 Å². The van der Waals surface area contributed by atoms with E-state index < -0.39 is 0 Å². The minimum Gasteiger partial charge on any atom is -0.359 e. The first-order chi connectivity index (χ1) is 6.68. The number of rotatable bonds is 1. The van der Waals surface area contributed by atoms with Gasteiger partial charge in [0, 0.05) is 0 Å². The zero-order chi connectivity index (χ0) is 10.1. The summed E-state index contributed by atoms with van der Waals surface area (Å²) in [6.07, 6.45) is 1.51. The molecule has 74 valence electrons. The molecule has 0 aliphatic carbocycles. The molecule has 0 saturated heterocycles. The minimum absolute atomic E-state index is 0.0470. The van der Waals surface area contributed by atoms with Crippen LogP contribution in [-0.4, -0.2) is 22.4 Å². The molecule has 2 N–H and O–H groups in total. The van der Waals surface area contributed by atoms with Crippen molar-refractivity contribution in [2.45, 2.75) is 19.8 Å². The fourth-order valence-corrected chi connectivity index (χ4v) is 1.44. The number of anilines is 2. The van der Waals surface area contributed by atoms with Crippen LogP contribution in [0.2, 0.25) is 0 Å². The number of aromatic nitrogens is 2. The van der Waals surface area contributed by atoms with Crippen LogP contribution in [-0.2, 0) is 4.79 Å². The van der Waals surface area contributed by atoms with Gasteiger partial charge in [-0.15, -0.1) is 0 Å². The summed E-state index contributed by atoms with van der Waals surface area (Å²) in [6.45, 7) is 4.34. The minimum atomic E-state index is -0.0470. The maximum atomic E-state index is 11.2. The van der Waals surface area contributed by atoms with Gasteiger partial charge < -0.3 is 10.6 Å². The average Bonchev–Trinajstić information content (AvgIpc) is 2.16. The number of hydrogen-bond donors (Lipinski definition) is 2. The Morgan fingerprint density at radius 1 is 1.43 bits per heavy atom. The topological polar surface area (TPSA) is 66.9 Å². The van der Waals surface area contributed by atoms with Crippen molar-refractivity contribution in [3.05, 3.63) is 12.0 Å². The molecule has 1 aromatic heterocycles. The van der Waals surface area contributed by atoms with Crippen LogP contribution < -0.4 is 10.6 Å². The highest BCUT2D eigenvalue weighted by Crippen LogP contribution is 2.29. The molecule has 0 fully saturated rings. The molecule has 5 nitrogen and oxygen atoms in total. The Bertz CT molecular complexity index is 375. The van der Waals surface area contributed by atoms with Gasteiger partial charge in [-0.1, -0.05) is 13.8 Å². The van der Waals surface area contributed by atoms with Crippen LogP contribution in [0.4, 0.5) is 11.5 Å². The standard InChI is InChI=1S/C9H12N4O/c1-5(2)7-8-9(12-4-11-7)10-3-6(14)13-8/h4-5H,3H2,1-2H3,(H,13,14)(H,10,11,12). The summed E-state index contributed by atoms with van der Waals surface area (Å²) in [4.78, 5) is 19.4. The molecule has 0 radical (unpaired) electrons. The lowest BCUT2D eigenvalue weighted by Gasteiger charge is -2.20. The molecular formula is C9H12N4O. The Balaban J connectivity index is 2.48. The van der Waals surface area contributed by atoms with Crippen molar-refractivity contribution in [1.82, 2.24) is 9.97 Å². The summed E-state index contributed by atoms with van der Waals surface area (Å²) in [5.41, 5.74) is 1.59. The normalized spacial score (nSPS) is 14.6. The maximum Gasteiger partial charge on any atom is 0.243 e. The number of nitrogens with one attached hydrogen (secondary N) is 2. The van der Waals surface area contributed by atoms with E-state index >= 15 is 0 Å². The molecule has 0 atom stereocenters. The third kappa shape index (κ3) is 1.41. The van der Waals surface area contributed by atoms with Crippen LogP contribution in [0.1, 0.15) is 25.5 Å². The van der Waals surface area contributed by atoms with Gasteiger partial charge in [0.25, 0.3) is 0 Å². The zero-order valence-corrected chi connectivity index (χ0v) is 8.16.